The molecule has 2 aromatic rings. The smallest absolute Gasteiger partial charge is 0.327 e. The number of anilines is 4. The van der Waals surface area contributed by atoms with E-state index < -0.39 is 0 Å². The van der Waals surface area contributed by atoms with Gasteiger partial charge in [-0.2, -0.15) is 0 Å². The molecule has 3 N–H and O–H groups in total. The number of rotatable bonds is 3. The zero-order valence-electron chi connectivity index (χ0n) is 23.2. The van der Waals surface area contributed by atoms with Gasteiger partial charge in [0.05, 0.1) is 0 Å². The van der Waals surface area contributed by atoms with Crippen molar-refractivity contribution in [3.8, 4) is 0 Å². The van der Waals surface area contributed by atoms with E-state index in [9.17, 15) is 4.79 Å². The van der Waals surface area contributed by atoms with Crippen LogP contribution in [0.1, 0.15) is 64.2 Å². The minimum Gasteiger partial charge on any atom is -0.398 e. The molecule has 2 amide bonds. The number of nitrogen functional groups attached to an aromatic ring is 1. The van der Waals surface area contributed by atoms with Crippen LogP contribution in [0, 0.1) is 12.8 Å². The van der Waals surface area contributed by atoms with Crippen molar-refractivity contribution in [2.75, 3.05) is 47.5 Å². The second kappa shape index (κ2) is 13.7. The SMILES string of the molecule is C=C1CCN(c2ccnc3c2CCN3C(=O)Nc2cc(C)c(N)c(C=NC)c2)CCC1C.CC.CC. The summed E-state index contributed by atoms with van der Waals surface area (Å²) >= 11 is 0. The number of carbonyl (C=O) groups is 1. The fourth-order valence-electron chi connectivity index (χ4n) is 4.53. The molecular weight excluding hydrogens is 448 g/mol. The fraction of sp³-hybridized carbons (Fsp3) is 0.483. The third-order valence-electron chi connectivity index (χ3n) is 6.61. The van der Waals surface area contributed by atoms with Crippen LogP contribution in [-0.2, 0) is 6.42 Å². The standard InChI is InChI=1S/C25H32N6O.2C2H6/c1-16-6-10-30(11-7-17(16)2)22-5-9-28-24-21(22)8-12-31(24)25(32)29-20-13-18(3)23(26)19(14-20)15-27-4;2*1-2/h5,9,13-15,17H,1,6-8,10-12,26H2,2-4H3,(H,29,32);2*1-2H3. The Morgan fingerprint density at radius 3 is 2.61 bits per heavy atom. The number of nitrogens with one attached hydrogen (secondary N) is 1. The normalized spacial score (nSPS) is 17.0. The van der Waals surface area contributed by atoms with Gasteiger partial charge in [0.1, 0.15) is 5.82 Å². The van der Waals surface area contributed by atoms with Crippen LogP contribution >= 0.6 is 0 Å². The van der Waals surface area contributed by atoms with Crippen molar-refractivity contribution in [2.45, 2.75) is 60.8 Å². The second-order valence-electron chi connectivity index (χ2n) is 8.73. The minimum atomic E-state index is -0.185. The first-order chi connectivity index (χ1) is 17.4. The number of hydrogen-bond donors (Lipinski definition) is 2. The van der Waals surface area contributed by atoms with E-state index in [1.807, 2.05) is 52.9 Å². The molecule has 1 unspecified atom stereocenters. The summed E-state index contributed by atoms with van der Waals surface area (Å²) in [4.78, 5) is 25.9. The predicted octanol–water partition coefficient (Wildman–Crippen LogP) is 6.46. The number of aryl methyl sites for hydroxylation is 1. The fourth-order valence-corrected chi connectivity index (χ4v) is 4.53. The molecule has 1 aromatic carbocycles. The van der Waals surface area contributed by atoms with Crippen LogP contribution in [-0.4, -0.2) is 43.9 Å². The lowest BCUT2D eigenvalue weighted by Crippen LogP contribution is -2.34. The molecular formula is C29H44N6O. The number of aliphatic imine (C=N–C) groups is 1. The summed E-state index contributed by atoms with van der Waals surface area (Å²) in [6.45, 7) is 19.0. The Morgan fingerprint density at radius 1 is 1.19 bits per heavy atom. The van der Waals surface area contributed by atoms with Crippen LogP contribution in [0.3, 0.4) is 0 Å². The van der Waals surface area contributed by atoms with Crippen molar-refractivity contribution in [3.63, 3.8) is 0 Å². The highest BCUT2D eigenvalue weighted by Crippen LogP contribution is 2.36. The Hall–Kier alpha value is -3.35. The van der Waals surface area contributed by atoms with E-state index >= 15 is 0 Å². The summed E-state index contributed by atoms with van der Waals surface area (Å²) < 4.78 is 0. The zero-order chi connectivity index (χ0) is 26.8. The lowest BCUT2D eigenvalue weighted by atomic mass is 9.98. The Bertz CT molecular complexity index is 1080. The lowest BCUT2D eigenvalue weighted by Gasteiger charge is -2.25. The van der Waals surface area contributed by atoms with Gasteiger partial charge in [-0.1, -0.05) is 46.8 Å². The Balaban J connectivity index is 0.00000109. The molecule has 36 heavy (non-hydrogen) atoms. The summed E-state index contributed by atoms with van der Waals surface area (Å²) in [5.41, 5.74) is 12.9. The molecule has 7 heteroatoms. The molecule has 0 bridgehead atoms. The average molecular weight is 493 g/mol. The van der Waals surface area contributed by atoms with Gasteiger partial charge in [-0.3, -0.25) is 9.89 Å². The number of hydrogen-bond acceptors (Lipinski definition) is 5. The van der Waals surface area contributed by atoms with Gasteiger partial charge in [0.2, 0.25) is 0 Å². The molecule has 1 saturated heterocycles. The predicted molar refractivity (Wildman–Crippen MR) is 156 cm³/mol. The van der Waals surface area contributed by atoms with Gasteiger partial charge >= 0.3 is 6.03 Å². The van der Waals surface area contributed by atoms with E-state index in [-0.39, 0.29) is 6.03 Å². The van der Waals surface area contributed by atoms with E-state index in [2.05, 4.69) is 39.8 Å². The van der Waals surface area contributed by atoms with Crippen LogP contribution in [0.5, 0.6) is 0 Å². The third-order valence-corrected chi connectivity index (χ3v) is 6.61. The lowest BCUT2D eigenvalue weighted by molar-refractivity contribution is 0.257. The van der Waals surface area contributed by atoms with E-state index in [4.69, 9.17) is 5.73 Å². The van der Waals surface area contributed by atoms with Gasteiger partial charge in [-0.05, 0) is 55.9 Å². The van der Waals surface area contributed by atoms with Crippen LogP contribution < -0.4 is 20.9 Å². The minimum absolute atomic E-state index is 0.185. The number of aromatic nitrogens is 1. The van der Waals surface area contributed by atoms with Gasteiger partial charge in [-0.25, -0.2) is 9.78 Å². The van der Waals surface area contributed by atoms with E-state index in [1.54, 1.807) is 18.2 Å². The van der Waals surface area contributed by atoms with Gasteiger partial charge in [0.15, 0.2) is 0 Å². The van der Waals surface area contributed by atoms with Crippen LogP contribution in [0.2, 0.25) is 0 Å². The largest absolute Gasteiger partial charge is 0.398 e. The zero-order valence-corrected chi connectivity index (χ0v) is 23.2. The van der Waals surface area contributed by atoms with Crippen molar-refractivity contribution in [3.05, 3.63) is 53.2 Å². The molecule has 4 rings (SSSR count). The maximum atomic E-state index is 13.2. The molecule has 2 aliphatic rings. The maximum absolute atomic E-state index is 13.2. The molecule has 0 aliphatic carbocycles. The van der Waals surface area contributed by atoms with E-state index in [0.29, 0.717) is 23.8 Å². The first-order valence-corrected chi connectivity index (χ1v) is 13.2. The van der Waals surface area contributed by atoms with Gasteiger partial charge < -0.3 is 16.0 Å². The molecule has 3 heterocycles. The molecule has 1 atom stereocenters. The van der Waals surface area contributed by atoms with E-state index in [1.165, 1.54) is 11.3 Å². The third kappa shape index (κ3) is 6.45. The second-order valence-corrected chi connectivity index (χ2v) is 8.73. The average Bonchev–Trinajstić information content (AvgIpc) is 3.26. The molecule has 1 aromatic heterocycles. The van der Waals surface area contributed by atoms with E-state index in [0.717, 1.165) is 54.9 Å². The molecule has 2 aliphatic heterocycles. The molecule has 0 radical (unpaired) electrons. The maximum Gasteiger partial charge on any atom is 0.327 e. The molecule has 0 spiro atoms. The monoisotopic (exact) mass is 492 g/mol. The number of nitrogens with zero attached hydrogens (tertiary/aromatic N) is 4. The molecule has 196 valence electrons. The topological polar surface area (TPSA) is 86.9 Å². The van der Waals surface area contributed by atoms with Crippen molar-refractivity contribution >= 4 is 35.1 Å². The Kier molecular flexibility index (Phi) is 11.0. The summed E-state index contributed by atoms with van der Waals surface area (Å²) in [5, 5.41) is 3.02. The van der Waals surface area contributed by atoms with Crippen LogP contribution in [0.4, 0.5) is 27.7 Å². The van der Waals surface area contributed by atoms with Crippen molar-refractivity contribution in [2.24, 2.45) is 10.9 Å². The Labute approximate surface area is 217 Å². The number of fused-ring (bicyclic) bond motifs is 1. The quantitative estimate of drug-likeness (QED) is 0.292. The van der Waals surface area contributed by atoms with Gasteiger partial charge in [0, 0.05) is 67.3 Å². The van der Waals surface area contributed by atoms with Crippen molar-refractivity contribution in [1.82, 2.24) is 4.98 Å². The number of nitrogens with two attached hydrogens (primary N) is 1. The summed E-state index contributed by atoms with van der Waals surface area (Å²) in [7, 11) is 1.70. The first-order valence-electron chi connectivity index (χ1n) is 13.2. The summed E-state index contributed by atoms with van der Waals surface area (Å²) in [6.07, 6.45) is 6.41. The Morgan fingerprint density at radius 2 is 1.92 bits per heavy atom. The van der Waals surface area contributed by atoms with Crippen molar-refractivity contribution in [1.29, 1.82) is 0 Å². The highest BCUT2D eigenvalue weighted by atomic mass is 16.2. The summed E-state index contributed by atoms with van der Waals surface area (Å²) in [5.74, 6) is 1.29. The number of carbonyl (C=O) groups excluding carboxylic acids is 1. The van der Waals surface area contributed by atoms with Crippen LogP contribution in [0.25, 0.3) is 0 Å². The molecule has 1 fully saturated rings. The molecule has 7 nitrogen and oxygen atoms in total. The van der Waals surface area contributed by atoms with Crippen molar-refractivity contribution < 1.29 is 4.79 Å². The molecule has 0 saturated carbocycles. The van der Waals surface area contributed by atoms with Crippen LogP contribution in [0.15, 0.2) is 41.5 Å². The highest BCUT2D eigenvalue weighted by molar-refractivity contribution is 6.04. The highest BCUT2D eigenvalue weighted by Gasteiger charge is 2.30. The number of pyridine rings is 1. The van der Waals surface area contributed by atoms with Gasteiger partial charge in [-0.15, -0.1) is 0 Å². The first kappa shape index (κ1) is 28.9. The van der Waals surface area contributed by atoms with Gasteiger partial charge in [0.25, 0.3) is 0 Å². The number of amides is 2. The summed E-state index contributed by atoms with van der Waals surface area (Å²) in [6, 6.07) is 5.62. The number of benzene rings is 1. The number of urea groups is 1.